The van der Waals surface area contributed by atoms with Crippen molar-refractivity contribution in [3.63, 3.8) is 0 Å². The van der Waals surface area contributed by atoms with Gasteiger partial charge in [0.05, 0.1) is 4.91 Å². The summed E-state index contributed by atoms with van der Waals surface area (Å²) in [6, 6.07) is 12.7. The van der Waals surface area contributed by atoms with Crippen LogP contribution < -0.4 is 10.5 Å². The minimum atomic E-state index is -0.822. The number of pyridine rings is 1. The van der Waals surface area contributed by atoms with Crippen LogP contribution in [0, 0.1) is 24.2 Å². The first kappa shape index (κ1) is 32.5. The number of carbonyl (C=O) groups excluding carboxylic acids is 1. The van der Waals surface area contributed by atoms with Crippen molar-refractivity contribution in [3.05, 3.63) is 67.8 Å². The molecule has 2 saturated heterocycles. The maximum Gasteiger partial charge on any atom is 0.303 e. The van der Waals surface area contributed by atoms with Crippen LogP contribution in [0.2, 0.25) is 0 Å². The molecule has 2 aliphatic heterocycles. The number of hydrogen-bond acceptors (Lipinski definition) is 7. The third kappa shape index (κ3) is 7.95. The molecule has 1 N–H and O–H groups in total. The number of carboxylic acid groups (broad SMARTS) is 1. The molecule has 3 heterocycles. The number of thioether (sulfide) groups is 1. The highest BCUT2D eigenvalue weighted by Crippen LogP contribution is 2.37. The van der Waals surface area contributed by atoms with Crippen LogP contribution >= 0.6 is 24.0 Å². The van der Waals surface area contributed by atoms with Crippen LogP contribution in [-0.4, -0.2) is 50.4 Å². The molecule has 2 aliphatic rings. The molecular formula is C33H40N4O4S2. The number of nitriles is 1. The van der Waals surface area contributed by atoms with Crippen molar-refractivity contribution in [3.8, 4) is 6.07 Å². The second kappa shape index (κ2) is 15.3. The molecule has 0 saturated carbocycles. The standard InChI is InChI=1S/C33H40N4O4S2/c1-3-4-16-36-30(35-18-14-25(15-19-35)20-24-11-7-5-8-12-24)26(23(2)27(22-34)31(36)40)21-28-32(41)37(33(42)43-28)17-10-6-9-13-29(38)39/h5,7-8,11-12,21,25H,3-4,6,9-10,13-20H2,1-2H3,(H,38,39). The van der Waals surface area contributed by atoms with Crippen molar-refractivity contribution >= 4 is 52.1 Å². The Morgan fingerprint density at radius 2 is 1.84 bits per heavy atom. The van der Waals surface area contributed by atoms with Crippen LogP contribution in [0.25, 0.3) is 6.08 Å². The van der Waals surface area contributed by atoms with Gasteiger partial charge in [0.25, 0.3) is 11.5 Å². The number of anilines is 1. The first-order valence-corrected chi connectivity index (χ1v) is 16.4. The molecule has 4 rings (SSSR count). The van der Waals surface area contributed by atoms with Crippen molar-refractivity contribution < 1.29 is 14.7 Å². The minimum Gasteiger partial charge on any atom is -0.481 e. The van der Waals surface area contributed by atoms with E-state index in [2.05, 4.69) is 42.2 Å². The van der Waals surface area contributed by atoms with Gasteiger partial charge in [0.15, 0.2) is 0 Å². The fraction of sp³-hybridized carbons (Fsp3) is 0.485. The Kier molecular flexibility index (Phi) is 11.6. The van der Waals surface area contributed by atoms with Crippen molar-refractivity contribution in [1.29, 1.82) is 5.26 Å². The Labute approximate surface area is 263 Å². The summed E-state index contributed by atoms with van der Waals surface area (Å²) in [5.41, 5.74) is 2.48. The molecule has 2 aromatic rings. The Balaban J connectivity index is 1.64. The number of aliphatic carboxylic acids is 1. The maximum atomic E-state index is 13.6. The number of rotatable bonds is 13. The van der Waals surface area contributed by atoms with E-state index < -0.39 is 5.97 Å². The van der Waals surface area contributed by atoms with Gasteiger partial charge in [-0.2, -0.15) is 5.26 Å². The summed E-state index contributed by atoms with van der Waals surface area (Å²) >= 11 is 6.79. The van der Waals surface area contributed by atoms with E-state index in [0.717, 1.165) is 56.6 Å². The molecule has 1 aromatic heterocycles. The normalized spacial score (nSPS) is 16.7. The van der Waals surface area contributed by atoms with E-state index in [4.69, 9.17) is 17.3 Å². The lowest BCUT2D eigenvalue weighted by molar-refractivity contribution is -0.137. The van der Waals surface area contributed by atoms with Crippen LogP contribution in [0.1, 0.15) is 80.5 Å². The number of benzene rings is 1. The predicted molar refractivity (Wildman–Crippen MR) is 176 cm³/mol. The van der Waals surface area contributed by atoms with Crippen molar-refractivity contribution in [2.45, 2.75) is 78.2 Å². The summed E-state index contributed by atoms with van der Waals surface area (Å²) in [5.74, 6) is 0.318. The number of carbonyl (C=O) groups is 2. The van der Waals surface area contributed by atoms with Gasteiger partial charge in [-0.3, -0.25) is 23.9 Å². The molecule has 0 aliphatic carbocycles. The van der Waals surface area contributed by atoms with Gasteiger partial charge in [-0.1, -0.05) is 74.1 Å². The highest BCUT2D eigenvalue weighted by molar-refractivity contribution is 8.26. The van der Waals surface area contributed by atoms with E-state index >= 15 is 0 Å². The smallest absolute Gasteiger partial charge is 0.303 e. The molecule has 0 atom stereocenters. The molecule has 1 amide bonds. The molecule has 8 nitrogen and oxygen atoms in total. The first-order valence-electron chi connectivity index (χ1n) is 15.2. The molecular weight excluding hydrogens is 581 g/mol. The van der Waals surface area contributed by atoms with Crippen LogP contribution in [0.15, 0.2) is 40.0 Å². The van der Waals surface area contributed by atoms with Gasteiger partial charge in [0.1, 0.15) is 21.8 Å². The van der Waals surface area contributed by atoms with Crippen LogP contribution in [0.5, 0.6) is 0 Å². The number of carboxylic acids is 1. The van der Waals surface area contributed by atoms with Crippen LogP contribution in [-0.2, 0) is 22.6 Å². The maximum absolute atomic E-state index is 13.6. The molecule has 0 bridgehead atoms. The van der Waals surface area contributed by atoms with Crippen LogP contribution in [0.4, 0.5) is 5.82 Å². The molecule has 43 heavy (non-hydrogen) atoms. The minimum absolute atomic E-state index is 0.110. The molecule has 0 spiro atoms. The Hall–Kier alpha value is -3.42. The van der Waals surface area contributed by atoms with E-state index in [0.29, 0.717) is 53.1 Å². The number of unbranched alkanes of at least 4 members (excludes halogenated alkanes) is 3. The fourth-order valence-electron chi connectivity index (χ4n) is 5.85. The van der Waals surface area contributed by atoms with Crippen molar-refractivity contribution in [1.82, 2.24) is 9.47 Å². The summed E-state index contributed by atoms with van der Waals surface area (Å²) in [6.45, 7) is 6.38. The topological polar surface area (TPSA) is 107 Å². The molecule has 0 unspecified atom stereocenters. The number of hydrogen-bond donors (Lipinski definition) is 1. The van der Waals surface area contributed by atoms with E-state index in [1.807, 2.05) is 12.1 Å². The Morgan fingerprint density at radius 1 is 1.12 bits per heavy atom. The first-order chi connectivity index (χ1) is 20.7. The molecule has 1 aromatic carbocycles. The van der Waals surface area contributed by atoms with Gasteiger partial charge < -0.3 is 10.0 Å². The summed E-state index contributed by atoms with van der Waals surface area (Å²) in [6.07, 6.45) is 8.55. The number of thiocarbonyl (C=S) groups is 1. The molecule has 2 fully saturated rings. The summed E-state index contributed by atoms with van der Waals surface area (Å²) in [7, 11) is 0. The molecule has 0 radical (unpaired) electrons. The zero-order valence-corrected chi connectivity index (χ0v) is 26.6. The zero-order chi connectivity index (χ0) is 30.9. The quantitative estimate of drug-likeness (QED) is 0.162. The third-order valence-corrected chi connectivity index (χ3v) is 9.66. The molecule has 10 heteroatoms. The Morgan fingerprint density at radius 3 is 2.49 bits per heavy atom. The van der Waals surface area contributed by atoms with Gasteiger partial charge in [-0.25, -0.2) is 0 Å². The summed E-state index contributed by atoms with van der Waals surface area (Å²) in [4.78, 5) is 42.2. The Bertz CT molecular complexity index is 1470. The molecule has 228 valence electrons. The number of aromatic nitrogens is 1. The van der Waals surface area contributed by atoms with Crippen molar-refractivity contribution in [2.75, 3.05) is 24.5 Å². The second-order valence-electron chi connectivity index (χ2n) is 11.3. The van der Waals surface area contributed by atoms with E-state index in [-0.39, 0.29) is 23.5 Å². The number of amides is 1. The third-order valence-electron chi connectivity index (χ3n) is 8.28. The monoisotopic (exact) mass is 620 g/mol. The van der Waals surface area contributed by atoms with Crippen LogP contribution in [0.3, 0.4) is 0 Å². The lowest BCUT2D eigenvalue weighted by atomic mass is 9.90. The lowest BCUT2D eigenvalue weighted by Crippen LogP contribution is -2.40. The average molecular weight is 621 g/mol. The van der Waals surface area contributed by atoms with Gasteiger partial charge in [-0.05, 0) is 68.6 Å². The number of piperidine rings is 1. The van der Waals surface area contributed by atoms with Crippen molar-refractivity contribution in [2.24, 2.45) is 5.92 Å². The zero-order valence-electron chi connectivity index (χ0n) is 25.0. The average Bonchev–Trinajstić information content (AvgIpc) is 3.26. The van der Waals surface area contributed by atoms with Gasteiger partial charge in [0, 0.05) is 38.2 Å². The van der Waals surface area contributed by atoms with E-state index in [1.54, 1.807) is 16.4 Å². The largest absolute Gasteiger partial charge is 0.481 e. The highest BCUT2D eigenvalue weighted by Gasteiger charge is 2.33. The number of nitrogens with zero attached hydrogens (tertiary/aromatic N) is 4. The van der Waals surface area contributed by atoms with Gasteiger partial charge in [-0.15, -0.1) is 0 Å². The predicted octanol–water partition coefficient (Wildman–Crippen LogP) is 6.13. The van der Waals surface area contributed by atoms with Gasteiger partial charge in [0.2, 0.25) is 0 Å². The second-order valence-corrected chi connectivity index (χ2v) is 13.0. The van der Waals surface area contributed by atoms with E-state index in [9.17, 15) is 19.6 Å². The lowest BCUT2D eigenvalue weighted by Gasteiger charge is -2.36. The summed E-state index contributed by atoms with van der Waals surface area (Å²) in [5, 5.41) is 18.9. The highest BCUT2D eigenvalue weighted by atomic mass is 32.2. The van der Waals surface area contributed by atoms with Gasteiger partial charge >= 0.3 is 5.97 Å². The SMILES string of the molecule is CCCCn1c(N2CCC(Cc3ccccc3)CC2)c(C=C2SC(=S)N(CCCCCC(=O)O)C2=O)c(C)c(C#N)c1=O. The fourth-order valence-corrected chi connectivity index (χ4v) is 7.14. The summed E-state index contributed by atoms with van der Waals surface area (Å²) < 4.78 is 2.22. The van der Waals surface area contributed by atoms with E-state index in [1.165, 1.54) is 17.3 Å².